The van der Waals surface area contributed by atoms with Crippen molar-refractivity contribution in [3.63, 3.8) is 0 Å². The SMILES string of the molecule is CC(C)(C(=O)O)n1c(-c2ccccn2)nc2sc3c(c2c1=O)CCCC3. The zero-order valence-corrected chi connectivity index (χ0v) is 15.5. The highest BCUT2D eigenvalue weighted by atomic mass is 32.1. The Kier molecular flexibility index (Phi) is 3.91. The lowest BCUT2D eigenvalue weighted by atomic mass is 9.97. The van der Waals surface area contributed by atoms with Gasteiger partial charge in [0.05, 0.1) is 5.39 Å². The molecule has 0 saturated heterocycles. The van der Waals surface area contributed by atoms with Gasteiger partial charge in [0.1, 0.15) is 16.1 Å². The van der Waals surface area contributed by atoms with Crippen LogP contribution in [-0.4, -0.2) is 25.6 Å². The summed E-state index contributed by atoms with van der Waals surface area (Å²) in [5.41, 5.74) is -0.180. The highest BCUT2D eigenvalue weighted by molar-refractivity contribution is 7.18. The van der Waals surface area contributed by atoms with Crippen LogP contribution in [0.1, 0.15) is 37.1 Å². The van der Waals surface area contributed by atoms with E-state index in [4.69, 9.17) is 4.98 Å². The van der Waals surface area contributed by atoms with Crippen LogP contribution in [0.4, 0.5) is 0 Å². The molecule has 0 fully saturated rings. The molecule has 0 spiro atoms. The molecular formula is C19H19N3O3S. The van der Waals surface area contributed by atoms with Gasteiger partial charge in [0, 0.05) is 11.1 Å². The molecule has 1 aliphatic rings. The van der Waals surface area contributed by atoms with E-state index in [1.807, 2.05) is 0 Å². The first kappa shape index (κ1) is 16.9. The standard InChI is InChI=1S/C19H19N3O3S/c1-19(2,18(24)25)22-15(12-8-5-6-10-20-12)21-16-14(17(22)23)11-7-3-4-9-13(11)26-16/h5-6,8,10H,3-4,7,9H2,1-2H3,(H,24,25). The number of nitrogens with zero attached hydrogens (tertiary/aromatic N) is 3. The monoisotopic (exact) mass is 369 g/mol. The minimum Gasteiger partial charge on any atom is -0.480 e. The van der Waals surface area contributed by atoms with Crippen LogP contribution in [0.3, 0.4) is 0 Å². The summed E-state index contributed by atoms with van der Waals surface area (Å²) in [5.74, 6) is -0.781. The Balaban J connectivity index is 2.13. The summed E-state index contributed by atoms with van der Waals surface area (Å²) in [6, 6.07) is 5.32. The van der Waals surface area contributed by atoms with Gasteiger partial charge in [-0.15, -0.1) is 11.3 Å². The maximum atomic E-state index is 13.4. The van der Waals surface area contributed by atoms with Crippen molar-refractivity contribution in [2.24, 2.45) is 0 Å². The molecule has 0 aliphatic heterocycles. The molecule has 7 heteroatoms. The van der Waals surface area contributed by atoms with E-state index in [0.717, 1.165) is 31.2 Å². The quantitative estimate of drug-likeness (QED) is 0.766. The fourth-order valence-corrected chi connectivity index (χ4v) is 4.74. The number of hydrogen-bond acceptors (Lipinski definition) is 5. The van der Waals surface area contributed by atoms with Crippen LogP contribution in [0, 0.1) is 0 Å². The van der Waals surface area contributed by atoms with Gasteiger partial charge in [0.2, 0.25) is 0 Å². The number of carboxylic acids is 1. The second-order valence-corrected chi connectivity index (χ2v) is 8.13. The molecule has 1 N–H and O–H groups in total. The van der Waals surface area contributed by atoms with Crippen LogP contribution in [0.5, 0.6) is 0 Å². The highest BCUT2D eigenvalue weighted by Gasteiger charge is 2.35. The summed E-state index contributed by atoms with van der Waals surface area (Å²) in [7, 11) is 0. The summed E-state index contributed by atoms with van der Waals surface area (Å²) in [6.07, 6.45) is 5.58. The molecule has 0 atom stereocenters. The van der Waals surface area contributed by atoms with Crippen molar-refractivity contribution in [3.8, 4) is 11.5 Å². The molecule has 26 heavy (non-hydrogen) atoms. The van der Waals surface area contributed by atoms with Crippen molar-refractivity contribution < 1.29 is 9.90 Å². The van der Waals surface area contributed by atoms with Crippen molar-refractivity contribution in [1.29, 1.82) is 0 Å². The minimum absolute atomic E-state index is 0.289. The van der Waals surface area contributed by atoms with E-state index >= 15 is 0 Å². The Morgan fingerprint density at radius 3 is 2.73 bits per heavy atom. The van der Waals surface area contributed by atoms with Crippen molar-refractivity contribution in [2.75, 3.05) is 0 Å². The minimum atomic E-state index is -1.44. The van der Waals surface area contributed by atoms with Crippen molar-refractivity contribution in [1.82, 2.24) is 14.5 Å². The summed E-state index contributed by atoms with van der Waals surface area (Å²) < 4.78 is 1.29. The summed E-state index contributed by atoms with van der Waals surface area (Å²) in [5, 5.41) is 10.3. The molecular weight excluding hydrogens is 350 g/mol. The first-order valence-electron chi connectivity index (χ1n) is 8.64. The Morgan fingerprint density at radius 1 is 1.27 bits per heavy atom. The van der Waals surface area contributed by atoms with E-state index in [1.165, 1.54) is 23.3 Å². The van der Waals surface area contributed by atoms with Crippen molar-refractivity contribution >= 4 is 27.5 Å². The van der Waals surface area contributed by atoms with E-state index in [-0.39, 0.29) is 5.56 Å². The summed E-state index contributed by atoms with van der Waals surface area (Å²) >= 11 is 1.55. The Bertz CT molecular complexity index is 1070. The van der Waals surface area contributed by atoms with Gasteiger partial charge in [-0.05, 0) is 57.2 Å². The molecule has 1 aliphatic carbocycles. The zero-order valence-electron chi connectivity index (χ0n) is 14.7. The lowest BCUT2D eigenvalue weighted by Gasteiger charge is -2.25. The lowest BCUT2D eigenvalue weighted by Crippen LogP contribution is -2.44. The molecule has 0 saturated carbocycles. The number of pyridine rings is 1. The molecule has 6 nitrogen and oxygen atoms in total. The fraction of sp³-hybridized carbons (Fsp3) is 0.368. The fourth-order valence-electron chi connectivity index (χ4n) is 3.49. The number of aromatic nitrogens is 3. The third-order valence-corrected chi connectivity index (χ3v) is 6.15. The van der Waals surface area contributed by atoms with E-state index in [9.17, 15) is 14.7 Å². The normalized spacial score (nSPS) is 14.4. The van der Waals surface area contributed by atoms with Crippen LogP contribution >= 0.6 is 11.3 Å². The summed E-state index contributed by atoms with van der Waals surface area (Å²) in [6.45, 7) is 3.05. The van der Waals surface area contributed by atoms with E-state index < -0.39 is 11.5 Å². The molecule has 0 unspecified atom stereocenters. The van der Waals surface area contributed by atoms with E-state index in [0.29, 0.717) is 21.7 Å². The van der Waals surface area contributed by atoms with Crippen LogP contribution < -0.4 is 5.56 Å². The molecule has 0 aromatic carbocycles. The van der Waals surface area contributed by atoms with Gasteiger partial charge < -0.3 is 5.11 Å². The molecule has 3 aromatic rings. The van der Waals surface area contributed by atoms with Gasteiger partial charge in [0.15, 0.2) is 5.82 Å². The average Bonchev–Trinajstić information content (AvgIpc) is 3.00. The number of thiophene rings is 1. The number of carbonyl (C=O) groups is 1. The highest BCUT2D eigenvalue weighted by Crippen LogP contribution is 2.35. The number of fused-ring (bicyclic) bond motifs is 3. The lowest BCUT2D eigenvalue weighted by molar-refractivity contribution is -0.145. The van der Waals surface area contributed by atoms with Gasteiger partial charge >= 0.3 is 5.97 Å². The zero-order chi connectivity index (χ0) is 18.5. The molecule has 0 bridgehead atoms. The van der Waals surface area contributed by atoms with Crippen LogP contribution in [0.15, 0.2) is 29.2 Å². The predicted octanol–water partition coefficient (Wildman–Crippen LogP) is 3.22. The van der Waals surface area contributed by atoms with Crippen LogP contribution in [-0.2, 0) is 23.2 Å². The Labute approximate surface area is 154 Å². The van der Waals surface area contributed by atoms with Crippen LogP contribution in [0.2, 0.25) is 0 Å². The van der Waals surface area contributed by atoms with Crippen LogP contribution in [0.25, 0.3) is 21.7 Å². The van der Waals surface area contributed by atoms with Crippen molar-refractivity contribution in [3.05, 3.63) is 45.2 Å². The predicted molar refractivity (Wildman–Crippen MR) is 101 cm³/mol. The number of rotatable bonds is 3. The van der Waals surface area contributed by atoms with Gasteiger partial charge in [-0.2, -0.15) is 0 Å². The number of aryl methyl sites for hydroxylation is 2. The smallest absolute Gasteiger partial charge is 0.329 e. The third-order valence-electron chi connectivity index (χ3n) is 4.97. The molecule has 3 heterocycles. The second kappa shape index (κ2) is 6.02. The first-order chi connectivity index (χ1) is 12.4. The Hall–Kier alpha value is -2.54. The van der Waals surface area contributed by atoms with Gasteiger partial charge in [-0.25, -0.2) is 9.78 Å². The van der Waals surface area contributed by atoms with Gasteiger partial charge in [-0.1, -0.05) is 6.07 Å². The molecule has 0 radical (unpaired) electrons. The average molecular weight is 369 g/mol. The van der Waals surface area contributed by atoms with E-state index in [1.54, 1.807) is 35.7 Å². The maximum Gasteiger partial charge on any atom is 0.329 e. The molecule has 4 rings (SSSR count). The van der Waals surface area contributed by atoms with Crippen molar-refractivity contribution in [2.45, 2.75) is 45.1 Å². The molecule has 134 valence electrons. The Morgan fingerprint density at radius 2 is 2.04 bits per heavy atom. The second-order valence-electron chi connectivity index (χ2n) is 7.05. The van der Waals surface area contributed by atoms with Gasteiger partial charge in [0.25, 0.3) is 5.56 Å². The molecule has 0 amide bonds. The number of hydrogen-bond donors (Lipinski definition) is 1. The topological polar surface area (TPSA) is 85.1 Å². The maximum absolute atomic E-state index is 13.4. The number of carboxylic acid groups (broad SMARTS) is 1. The van der Waals surface area contributed by atoms with E-state index in [2.05, 4.69) is 4.98 Å². The van der Waals surface area contributed by atoms with Gasteiger partial charge in [-0.3, -0.25) is 14.3 Å². The third kappa shape index (κ3) is 2.46. The first-order valence-corrected chi connectivity index (χ1v) is 9.45. The summed E-state index contributed by atoms with van der Waals surface area (Å²) in [4.78, 5) is 36.3. The molecule has 3 aromatic heterocycles. The number of aliphatic carboxylic acids is 1. The largest absolute Gasteiger partial charge is 0.480 e.